The molecule has 0 bridgehead atoms. The summed E-state index contributed by atoms with van der Waals surface area (Å²) in [6.07, 6.45) is 3.78. The van der Waals surface area contributed by atoms with E-state index in [0.29, 0.717) is 22.9 Å². The minimum absolute atomic E-state index is 0.00357. The van der Waals surface area contributed by atoms with E-state index in [9.17, 15) is 13.6 Å². The lowest BCUT2D eigenvalue weighted by Crippen LogP contribution is -2.41. The first-order valence-corrected chi connectivity index (χ1v) is 13.8. The number of fused-ring (bicyclic) bond motifs is 3. The number of nitrogens with two attached hydrogens (primary N) is 1. The Labute approximate surface area is 239 Å². The van der Waals surface area contributed by atoms with Gasteiger partial charge in [0.15, 0.2) is 11.6 Å². The van der Waals surface area contributed by atoms with E-state index in [1.165, 1.54) is 40.3 Å². The van der Waals surface area contributed by atoms with Crippen LogP contribution in [0, 0.1) is 24.5 Å². The van der Waals surface area contributed by atoms with E-state index >= 15 is 0 Å². The van der Waals surface area contributed by atoms with Crippen LogP contribution in [0.15, 0.2) is 54.9 Å². The van der Waals surface area contributed by atoms with E-state index in [1.807, 2.05) is 12.1 Å². The van der Waals surface area contributed by atoms with Crippen LogP contribution in [0.25, 0.3) is 16.6 Å². The van der Waals surface area contributed by atoms with Crippen molar-refractivity contribution < 1.29 is 23.0 Å². The summed E-state index contributed by atoms with van der Waals surface area (Å²) in [7, 11) is 0. The van der Waals surface area contributed by atoms with Crippen LogP contribution in [0.3, 0.4) is 0 Å². The largest absolute Gasteiger partial charge is 0.433 e. The highest BCUT2D eigenvalue weighted by atomic mass is 19.1. The summed E-state index contributed by atoms with van der Waals surface area (Å²) in [5, 5.41) is 5.40. The molecule has 1 fully saturated rings. The van der Waals surface area contributed by atoms with Crippen LogP contribution < -0.4 is 10.5 Å². The number of rotatable bonds is 7. The number of hydrogen-bond acceptors (Lipinski definition) is 7. The Morgan fingerprint density at radius 1 is 1.17 bits per heavy atom. The SMILES string of the molecule is Cc1cc(Oc2c(F)cccc2F)ncc1-n1ncc(C(=O)c2cc3c4c(ccc3[nH]2)CN(CC2COC2)CC4)c1N. The summed E-state index contributed by atoms with van der Waals surface area (Å²) in [5.74, 6) is -1.71. The fourth-order valence-electron chi connectivity index (χ4n) is 5.73. The van der Waals surface area contributed by atoms with Crippen LogP contribution >= 0.6 is 0 Å². The molecule has 9 nitrogen and oxygen atoms in total. The number of nitrogens with one attached hydrogen (secondary N) is 1. The van der Waals surface area contributed by atoms with Gasteiger partial charge >= 0.3 is 0 Å². The van der Waals surface area contributed by atoms with Crippen molar-refractivity contribution in [1.82, 2.24) is 24.6 Å². The summed E-state index contributed by atoms with van der Waals surface area (Å²) in [6.45, 7) is 6.36. The number of carbonyl (C=O) groups is 1. The standard InChI is InChI=1S/C31H28F2N6O3/c1-17-9-28(42-30-23(32)3-2-4-24(30)33)35-12-27(17)39-31(34)22(11-36-39)29(40)26-10-21-20-7-8-38(13-18-15-41-16-18)14-19(20)5-6-25(21)37-26/h2-6,9-12,18,37H,7-8,13-16,34H2,1H3. The second-order valence-electron chi connectivity index (χ2n) is 10.9. The molecule has 0 amide bonds. The quantitative estimate of drug-likeness (QED) is 0.267. The number of ether oxygens (including phenoxy) is 2. The van der Waals surface area contributed by atoms with Crippen molar-refractivity contribution in [3.05, 3.63) is 94.4 Å². The molecule has 214 valence electrons. The molecule has 42 heavy (non-hydrogen) atoms. The van der Waals surface area contributed by atoms with E-state index in [-0.39, 0.29) is 23.0 Å². The molecule has 0 atom stereocenters. The third kappa shape index (κ3) is 4.60. The van der Waals surface area contributed by atoms with E-state index in [4.69, 9.17) is 15.2 Å². The van der Waals surface area contributed by atoms with E-state index in [1.54, 1.807) is 6.92 Å². The number of ketones is 1. The van der Waals surface area contributed by atoms with Crippen LogP contribution in [0.4, 0.5) is 14.6 Å². The zero-order valence-corrected chi connectivity index (χ0v) is 22.9. The maximum atomic E-state index is 14.0. The molecule has 0 saturated carbocycles. The first kappa shape index (κ1) is 26.3. The molecule has 2 aliphatic rings. The van der Waals surface area contributed by atoms with E-state index < -0.39 is 17.4 Å². The van der Waals surface area contributed by atoms with Crippen molar-refractivity contribution in [1.29, 1.82) is 0 Å². The molecule has 0 aliphatic carbocycles. The highest BCUT2D eigenvalue weighted by Gasteiger charge is 2.26. The number of carbonyl (C=O) groups excluding carboxylic acids is 1. The molecule has 11 heteroatoms. The summed E-state index contributed by atoms with van der Waals surface area (Å²) in [5.41, 5.74) is 11.7. The van der Waals surface area contributed by atoms with Gasteiger partial charge in [-0.25, -0.2) is 18.4 Å². The first-order chi connectivity index (χ1) is 20.4. The normalized spacial score (nSPS) is 15.5. The number of anilines is 1. The van der Waals surface area contributed by atoms with Gasteiger partial charge in [0.25, 0.3) is 0 Å². The van der Waals surface area contributed by atoms with Gasteiger partial charge in [-0.05, 0) is 54.3 Å². The highest BCUT2D eigenvalue weighted by molar-refractivity contribution is 6.12. The number of benzene rings is 2. The predicted molar refractivity (Wildman–Crippen MR) is 152 cm³/mol. The molecule has 2 aromatic carbocycles. The number of nitrogens with zero attached hydrogens (tertiary/aromatic N) is 4. The Hall–Kier alpha value is -4.61. The summed E-state index contributed by atoms with van der Waals surface area (Å²) in [4.78, 5) is 23.5. The summed E-state index contributed by atoms with van der Waals surface area (Å²) >= 11 is 0. The summed E-state index contributed by atoms with van der Waals surface area (Å²) in [6, 6.07) is 11.1. The minimum atomic E-state index is -0.836. The highest BCUT2D eigenvalue weighted by Crippen LogP contribution is 2.32. The van der Waals surface area contributed by atoms with Crippen molar-refractivity contribution in [2.24, 2.45) is 5.92 Å². The predicted octanol–water partition coefficient (Wildman–Crippen LogP) is 4.95. The van der Waals surface area contributed by atoms with Crippen LogP contribution in [-0.2, 0) is 17.7 Å². The number of aryl methyl sites for hydroxylation is 1. The average molecular weight is 571 g/mol. The topological polar surface area (TPSA) is 111 Å². The monoisotopic (exact) mass is 570 g/mol. The molecule has 5 aromatic rings. The van der Waals surface area contributed by atoms with Gasteiger partial charge in [0, 0.05) is 42.5 Å². The fourth-order valence-corrected chi connectivity index (χ4v) is 5.73. The summed E-state index contributed by atoms with van der Waals surface area (Å²) < 4.78 is 40.1. The van der Waals surface area contributed by atoms with Crippen molar-refractivity contribution in [2.45, 2.75) is 19.9 Å². The Morgan fingerprint density at radius 3 is 2.71 bits per heavy atom. The van der Waals surface area contributed by atoms with Crippen LogP contribution in [-0.4, -0.2) is 56.7 Å². The number of aromatic nitrogens is 4. The van der Waals surface area contributed by atoms with Gasteiger partial charge in [-0.15, -0.1) is 0 Å². The maximum Gasteiger partial charge on any atom is 0.219 e. The number of halogens is 2. The molecule has 7 rings (SSSR count). The lowest BCUT2D eigenvalue weighted by molar-refractivity contribution is -0.0479. The molecule has 5 heterocycles. The van der Waals surface area contributed by atoms with Crippen molar-refractivity contribution in [3.63, 3.8) is 0 Å². The molecule has 2 aliphatic heterocycles. The number of pyridine rings is 1. The van der Waals surface area contributed by atoms with Gasteiger partial charge in [0.1, 0.15) is 5.82 Å². The Balaban J connectivity index is 1.13. The van der Waals surface area contributed by atoms with Crippen molar-refractivity contribution in [3.8, 4) is 17.3 Å². The molecule has 3 N–H and O–H groups in total. The van der Waals surface area contributed by atoms with E-state index in [0.717, 1.165) is 62.3 Å². The van der Waals surface area contributed by atoms with Gasteiger partial charge in [-0.2, -0.15) is 5.10 Å². The zero-order chi connectivity index (χ0) is 29.0. The van der Waals surface area contributed by atoms with Gasteiger partial charge in [0.05, 0.1) is 42.6 Å². The lowest BCUT2D eigenvalue weighted by Gasteiger charge is -2.35. The Bertz CT molecular complexity index is 1820. The van der Waals surface area contributed by atoms with E-state index in [2.05, 4.69) is 26.0 Å². The van der Waals surface area contributed by atoms with Gasteiger partial charge in [0.2, 0.25) is 17.4 Å². The number of para-hydroxylation sites is 1. The Kier molecular flexibility index (Phi) is 6.47. The second-order valence-corrected chi connectivity index (χ2v) is 10.9. The number of H-pyrrole nitrogens is 1. The zero-order valence-electron chi connectivity index (χ0n) is 22.9. The van der Waals surface area contributed by atoms with Crippen LogP contribution in [0.1, 0.15) is 32.7 Å². The van der Waals surface area contributed by atoms with Gasteiger partial charge in [-0.1, -0.05) is 12.1 Å². The van der Waals surface area contributed by atoms with Gasteiger partial charge in [-0.3, -0.25) is 9.69 Å². The number of aromatic amines is 1. The number of hydrogen-bond donors (Lipinski definition) is 2. The average Bonchev–Trinajstić information content (AvgIpc) is 3.56. The number of nitrogen functional groups attached to an aromatic ring is 1. The smallest absolute Gasteiger partial charge is 0.219 e. The molecule has 0 unspecified atom stereocenters. The molecule has 1 saturated heterocycles. The molecular formula is C31H28F2N6O3. The van der Waals surface area contributed by atoms with Crippen LogP contribution in [0.5, 0.6) is 11.6 Å². The molecular weight excluding hydrogens is 542 g/mol. The Morgan fingerprint density at radius 2 is 1.98 bits per heavy atom. The molecule has 3 aromatic heterocycles. The molecule has 0 spiro atoms. The van der Waals surface area contributed by atoms with Crippen LogP contribution in [0.2, 0.25) is 0 Å². The fraction of sp³-hybridized carbons (Fsp3) is 0.258. The third-order valence-electron chi connectivity index (χ3n) is 8.02. The molecule has 0 radical (unpaired) electrons. The second kappa shape index (κ2) is 10.3. The van der Waals surface area contributed by atoms with Crippen molar-refractivity contribution >= 4 is 22.5 Å². The van der Waals surface area contributed by atoms with Crippen molar-refractivity contribution in [2.75, 3.05) is 32.0 Å². The first-order valence-electron chi connectivity index (χ1n) is 13.8. The maximum absolute atomic E-state index is 14.0. The minimum Gasteiger partial charge on any atom is -0.433 e. The van der Waals surface area contributed by atoms with Gasteiger partial charge < -0.3 is 20.2 Å². The lowest BCUT2D eigenvalue weighted by atomic mass is 9.95. The third-order valence-corrected chi connectivity index (χ3v) is 8.02.